The van der Waals surface area contributed by atoms with Crippen LogP contribution in [-0.2, 0) is 20.5 Å². The summed E-state index contributed by atoms with van der Waals surface area (Å²) in [5.41, 5.74) is 8.72. The Morgan fingerprint density at radius 3 is 2.35 bits per heavy atom. The molecule has 0 radical (unpaired) electrons. The van der Waals surface area contributed by atoms with Gasteiger partial charge in [-0.25, -0.2) is 4.79 Å². The van der Waals surface area contributed by atoms with Crippen LogP contribution in [0, 0.1) is 27.7 Å². The van der Waals surface area contributed by atoms with Gasteiger partial charge in [-0.3, -0.25) is 9.48 Å². The molecule has 1 aliphatic heterocycles. The van der Waals surface area contributed by atoms with E-state index in [1.165, 1.54) is 18.2 Å². The molecule has 51 heavy (non-hydrogen) atoms. The predicted octanol–water partition coefficient (Wildman–Crippen LogP) is 8.71. The topological polar surface area (TPSA) is 115 Å². The van der Waals surface area contributed by atoms with Crippen molar-refractivity contribution >= 4 is 62.6 Å². The standard InChI is InChI=1S/C39H39Cl2N5O5/c1-19-13-26(14-20(2)34(19)41)51-12-8-9-27-28-10-11-29(40)33(32-22(4)42-44(7)23(32)5)36(28)46-21(3)18-45(38(48)37(27)46)30-17-25(47)15-24-16-31(39(49)50)43(6)35(24)30/h10-11,13-17,21,47H,8-9,12,18H2,1-7H3,(H,49,50). The number of phenolic OH excluding ortho intramolecular Hbond substituents is 1. The van der Waals surface area contributed by atoms with Crippen LogP contribution < -0.4 is 9.64 Å². The van der Waals surface area contributed by atoms with Gasteiger partial charge in [0.25, 0.3) is 5.91 Å². The number of carboxylic acid groups (broad SMARTS) is 1. The van der Waals surface area contributed by atoms with Gasteiger partial charge in [0, 0.05) is 65.4 Å². The highest BCUT2D eigenvalue weighted by atomic mass is 35.5. The minimum absolute atomic E-state index is 0.0525. The number of ether oxygens (including phenoxy) is 1. The molecule has 1 amide bonds. The Bertz CT molecular complexity index is 2420. The number of carbonyl (C=O) groups is 2. The van der Waals surface area contributed by atoms with Gasteiger partial charge < -0.3 is 29.0 Å². The number of aromatic hydroxyl groups is 1. The fourth-order valence-corrected chi connectivity index (χ4v) is 8.17. The van der Waals surface area contributed by atoms with E-state index in [-0.39, 0.29) is 29.9 Å². The fraction of sp³-hybridized carbons (Fsp3) is 0.308. The lowest BCUT2D eigenvalue weighted by molar-refractivity contribution is 0.0687. The summed E-state index contributed by atoms with van der Waals surface area (Å²) < 4.78 is 11.7. The summed E-state index contributed by atoms with van der Waals surface area (Å²) in [6, 6.07) is 12.1. The molecule has 0 saturated heterocycles. The van der Waals surface area contributed by atoms with Crippen LogP contribution in [0.5, 0.6) is 11.5 Å². The zero-order valence-electron chi connectivity index (χ0n) is 29.6. The van der Waals surface area contributed by atoms with Crippen molar-refractivity contribution in [2.24, 2.45) is 14.1 Å². The first kappa shape index (κ1) is 34.5. The Kier molecular flexibility index (Phi) is 8.58. The van der Waals surface area contributed by atoms with Crippen molar-refractivity contribution < 1.29 is 24.5 Å². The van der Waals surface area contributed by atoms with Crippen molar-refractivity contribution in [1.29, 1.82) is 0 Å². The maximum absolute atomic E-state index is 15.0. The SMILES string of the molecule is Cc1cc(OCCCc2c3n(c4c(-c5c(C)nn(C)c5C)c(Cl)ccc24)C(C)CN(c2cc(O)cc4cc(C(=O)O)n(C)c24)C3=O)cc(C)c1Cl. The van der Waals surface area contributed by atoms with Gasteiger partial charge in [0.05, 0.1) is 34.0 Å². The molecular weight excluding hydrogens is 689 g/mol. The summed E-state index contributed by atoms with van der Waals surface area (Å²) in [6.45, 7) is 10.6. The van der Waals surface area contributed by atoms with Crippen molar-refractivity contribution in [3.8, 4) is 22.6 Å². The zero-order valence-corrected chi connectivity index (χ0v) is 31.1. The van der Waals surface area contributed by atoms with Crippen LogP contribution >= 0.6 is 23.2 Å². The van der Waals surface area contributed by atoms with Gasteiger partial charge in [0.2, 0.25) is 0 Å². The van der Waals surface area contributed by atoms with Gasteiger partial charge in [-0.1, -0.05) is 29.3 Å². The fourth-order valence-electron chi connectivity index (χ4n) is 7.81. The van der Waals surface area contributed by atoms with Crippen molar-refractivity contribution in [3.05, 3.63) is 92.0 Å². The van der Waals surface area contributed by atoms with E-state index in [1.54, 1.807) is 16.5 Å². The van der Waals surface area contributed by atoms with Crippen molar-refractivity contribution in [2.45, 2.75) is 53.5 Å². The highest BCUT2D eigenvalue weighted by Crippen LogP contribution is 2.46. The lowest BCUT2D eigenvalue weighted by Crippen LogP contribution is -2.43. The molecule has 2 N–H and O–H groups in total. The van der Waals surface area contributed by atoms with Crippen LogP contribution in [-0.4, -0.2) is 54.2 Å². The zero-order chi connectivity index (χ0) is 36.6. The van der Waals surface area contributed by atoms with E-state index < -0.39 is 5.97 Å². The van der Waals surface area contributed by atoms with E-state index >= 15 is 0 Å². The van der Waals surface area contributed by atoms with Gasteiger partial charge >= 0.3 is 5.97 Å². The van der Waals surface area contributed by atoms with Crippen LogP contribution in [0.1, 0.15) is 68.4 Å². The molecule has 3 aromatic heterocycles. The number of aromatic carboxylic acids is 1. The maximum Gasteiger partial charge on any atom is 0.352 e. The number of anilines is 1. The molecule has 0 spiro atoms. The molecule has 1 unspecified atom stereocenters. The quantitative estimate of drug-likeness (QED) is 0.152. The van der Waals surface area contributed by atoms with Crippen molar-refractivity contribution in [2.75, 3.05) is 18.1 Å². The van der Waals surface area contributed by atoms with Crippen LogP contribution in [0.15, 0.2) is 42.5 Å². The second-order valence-electron chi connectivity index (χ2n) is 13.6. The van der Waals surface area contributed by atoms with Gasteiger partial charge in [-0.2, -0.15) is 5.10 Å². The van der Waals surface area contributed by atoms with Crippen LogP contribution in [0.4, 0.5) is 5.69 Å². The summed E-state index contributed by atoms with van der Waals surface area (Å²) in [7, 11) is 3.56. The Labute approximate surface area is 305 Å². The van der Waals surface area contributed by atoms with Crippen molar-refractivity contribution in [1.82, 2.24) is 18.9 Å². The molecule has 7 rings (SSSR count). The predicted molar refractivity (Wildman–Crippen MR) is 201 cm³/mol. The average molecular weight is 729 g/mol. The van der Waals surface area contributed by atoms with E-state index in [0.29, 0.717) is 46.8 Å². The molecule has 264 valence electrons. The molecule has 0 saturated carbocycles. The van der Waals surface area contributed by atoms with E-state index in [2.05, 4.69) is 16.6 Å². The number of benzene rings is 3. The number of fused-ring (bicyclic) bond motifs is 4. The van der Waals surface area contributed by atoms with Gasteiger partial charge in [-0.05, 0) is 94.5 Å². The lowest BCUT2D eigenvalue weighted by Gasteiger charge is -2.35. The molecule has 1 aliphatic rings. The first-order chi connectivity index (χ1) is 24.2. The molecule has 1 atom stereocenters. The summed E-state index contributed by atoms with van der Waals surface area (Å²) in [5.74, 6) is -0.678. The summed E-state index contributed by atoms with van der Waals surface area (Å²) in [6.07, 6.45) is 1.15. The molecule has 4 heterocycles. The van der Waals surface area contributed by atoms with Crippen LogP contribution in [0.2, 0.25) is 10.0 Å². The van der Waals surface area contributed by atoms with Gasteiger partial charge in [-0.15, -0.1) is 0 Å². The summed E-state index contributed by atoms with van der Waals surface area (Å²) in [5, 5.41) is 28.1. The molecular formula is C39H39Cl2N5O5. The third-order valence-corrected chi connectivity index (χ3v) is 11.1. The number of amides is 1. The first-order valence-electron chi connectivity index (χ1n) is 16.8. The number of nitrogens with zero attached hydrogens (tertiary/aromatic N) is 5. The van der Waals surface area contributed by atoms with E-state index in [4.69, 9.17) is 27.9 Å². The van der Waals surface area contributed by atoms with E-state index in [0.717, 1.165) is 60.9 Å². The third kappa shape index (κ3) is 5.52. The third-order valence-electron chi connectivity index (χ3n) is 10.2. The molecule has 3 aromatic carbocycles. The molecule has 0 bridgehead atoms. The smallest absolute Gasteiger partial charge is 0.352 e. The number of aromatic nitrogens is 4. The number of hydrogen-bond acceptors (Lipinski definition) is 5. The molecule has 0 aliphatic carbocycles. The maximum atomic E-state index is 15.0. The largest absolute Gasteiger partial charge is 0.508 e. The molecule has 6 aromatic rings. The number of rotatable bonds is 8. The van der Waals surface area contributed by atoms with Crippen LogP contribution in [0.3, 0.4) is 0 Å². The second-order valence-corrected chi connectivity index (χ2v) is 14.4. The number of carbonyl (C=O) groups excluding carboxylic acids is 1. The number of halogens is 2. The minimum Gasteiger partial charge on any atom is -0.508 e. The Hall–Kier alpha value is -4.93. The molecule has 0 fully saturated rings. The van der Waals surface area contributed by atoms with Crippen molar-refractivity contribution in [3.63, 3.8) is 0 Å². The average Bonchev–Trinajstić information content (AvgIpc) is 3.67. The van der Waals surface area contributed by atoms with E-state index in [1.807, 2.05) is 63.7 Å². The highest BCUT2D eigenvalue weighted by Gasteiger charge is 2.38. The Morgan fingerprint density at radius 1 is 1.00 bits per heavy atom. The Morgan fingerprint density at radius 2 is 1.71 bits per heavy atom. The number of phenols is 1. The number of aryl methyl sites for hydroxylation is 6. The van der Waals surface area contributed by atoms with Gasteiger partial charge in [0.1, 0.15) is 22.9 Å². The van der Waals surface area contributed by atoms with Crippen LogP contribution in [0.25, 0.3) is 32.9 Å². The normalized spacial score (nSPS) is 14.6. The summed E-state index contributed by atoms with van der Waals surface area (Å²) >= 11 is 13.4. The summed E-state index contributed by atoms with van der Waals surface area (Å²) in [4.78, 5) is 28.7. The van der Waals surface area contributed by atoms with E-state index in [9.17, 15) is 19.8 Å². The minimum atomic E-state index is -1.10. The molecule has 10 nitrogen and oxygen atoms in total. The number of hydrogen-bond donors (Lipinski definition) is 2. The number of carboxylic acids is 1. The lowest BCUT2D eigenvalue weighted by atomic mass is 9.98. The monoisotopic (exact) mass is 727 g/mol. The Balaban J connectivity index is 1.40. The highest BCUT2D eigenvalue weighted by molar-refractivity contribution is 6.35. The second kappa shape index (κ2) is 12.7. The van der Waals surface area contributed by atoms with Gasteiger partial charge in [0.15, 0.2) is 0 Å². The molecule has 12 heteroatoms. The first-order valence-corrected chi connectivity index (χ1v) is 17.6.